The highest BCUT2D eigenvalue weighted by Crippen LogP contribution is 2.38. The van der Waals surface area contributed by atoms with Crippen molar-refractivity contribution in [2.24, 2.45) is 0 Å². The fourth-order valence-corrected chi connectivity index (χ4v) is 3.68. The minimum atomic E-state index is -0.467. The van der Waals surface area contributed by atoms with Gasteiger partial charge in [0.2, 0.25) is 0 Å². The summed E-state index contributed by atoms with van der Waals surface area (Å²) >= 11 is 11.6. The van der Waals surface area contributed by atoms with Crippen molar-refractivity contribution in [3.05, 3.63) is 83.3 Å². The van der Waals surface area contributed by atoms with Crippen LogP contribution >= 0.6 is 23.8 Å². The van der Waals surface area contributed by atoms with E-state index in [-0.39, 0.29) is 10.7 Å². The number of halogens is 2. The number of hydrogen-bond acceptors (Lipinski definition) is 6. The first-order chi connectivity index (χ1) is 16.9. The molecule has 2 N–H and O–H groups in total. The van der Waals surface area contributed by atoms with Gasteiger partial charge in [-0.25, -0.2) is 4.39 Å². The second kappa shape index (κ2) is 10.5. The Morgan fingerprint density at radius 1 is 0.943 bits per heavy atom. The zero-order valence-corrected chi connectivity index (χ0v) is 20.2. The Hall–Kier alpha value is -3.95. The number of rotatable bonds is 6. The van der Waals surface area contributed by atoms with Gasteiger partial charge in [0.1, 0.15) is 17.3 Å². The Morgan fingerprint density at radius 2 is 1.66 bits per heavy atom. The molecule has 7 nitrogen and oxygen atoms in total. The van der Waals surface area contributed by atoms with Crippen molar-refractivity contribution in [2.45, 2.75) is 0 Å². The van der Waals surface area contributed by atoms with Crippen LogP contribution in [-0.4, -0.2) is 30.2 Å². The van der Waals surface area contributed by atoms with Crippen molar-refractivity contribution in [1.29, 1.82) is 0 Å². The summed E-state index contributed by atoms with van der Waals surface area (Å²) in [6, 6.07) is 15.4. The fourth-order valence-electron chi connectivity index (χ4n) is 3.26. The van der Waals surface area contributed by atoms with Crippen molar-refractivity contribution in [2.75, 3.05) is 19.5 Å². The van der Waals surface area contributed by atoms with Crippen molar-refractivity contribution in [3.63, 3.8) is 0 Å². The van der Waals surface area contributed by atoms with Gasteiger partial charge >= 0.3 is 0 Å². The lowest BCUT2D eigenvalue weighted by molar-refractivity contribution is 0.0977. The number of nitrogens with zero attached hydrogens (tertiary/aromatic N) is 1. The Bertz CT molecular complexity index is 1420. The van der Waals surface area contributed by atoms with Crippen LogP contribution in [0.1, 0.15) is 10.4 Å². The number of pyridine rings is 1. The third kappa shape index (κ3) is 5.59. The van der Waals surface area contributed by atoms with Crippen molar-refractivity contribution in [1.82, 2.24) is 10.3 Å². The topological polar surface area (TPSA) is 81.7 Å². The quantitative estimate of drug-likeness (QED) is 0.309. The molecule has 0 spiro atoms. The molecule has 0 radical (unpaired) electrons. The number of amides is 1. The minimum absolute atomic E-state index is 0.0604. The van der Waals surface area contributed by atoms with Crippen LogP contribution in [-0.2, 0) is 0 Å². The van der Waals surface area contributed by atoms with Crippen molar-refractivity contribution >= 4 is 51.4 Å². The zero-order chi connectivity index (χ0) is 24.9. The number of nitrogens with one attached hydrogen (secondary N) is 2. The lowest BCUT2D eigenvalue weighted by atomic mass is 10.2. The number of fused-ring (bicyclic) bond motifs is 1. The highest BCUT2D eigenvalue weighted by molar-refractivity contribution is 7.80. The third-order valence-corrected chi connectivity index (χ3v) is 5.45. The SMILES string of the molecule is COc1cc2nccc(Oc3ccc(NC(=S)NC(=O)c4ccc(F)cc4)cc3Cl)c2cc1OC. The summed E-state index contributed by atoms with van der Waals surface area (Å²) in [7, 11) is 3.11. The number of carbonyl (C=O) groups is 1. The molecule has 1 amide bonds. The van der Waals surface area contributed by atoms with Crippen LogP contribution in [0.15, 0.2) is 66.9 Å². The van der Waals surface area contributed by atoms with Crippen LogP contribution in [0, 0.1) is 5.82 Å². The third-order valence-electron chi connectivity index (χ3n) is 4.95. The molecule has 0 fully saturated rings. The molecular formula is C25H19ClFN3O4S. The highest BCUT2D eigenvalue weighted by atomic mass is 35.5. The number of methoxy groups -OCH3 is 2. The van der Waals surface area contributed by atoms with Crippen LogP contribution in [0.5, 0.6) is 23.0 Å². The number of hydrogen-bond donors (Lipinski definition) is 2. The van der Waals surface area contributed by atoms with Gasteiger partial charge in [-0.05, 0) is 66.8 Å². The summed E-state index contributed by atoms with van der Waals surface area (Å²) in [5, 5.41) is 6.51. The van der Waals surface area contributed by atoms with Gasteiger partial charge in [0, 0.05) is 28.9 Å². The summed E-state index contributed by atoms with van der Waals surface area (Å²) in [5.41, 5.74) is 1.48. The van der Waals surface area contributed by atoms with E-state index in [2.05, 4.69) is 15.6 Å². The predicted octanol–water partition coefficient (Wildman–Crippen LogP) is 5.96. The number of benzene rings is 3. The molecule has 10 heteroatoms. The first-order valence-electron chi connectivity index (χ1n) is 10.2. The molecule has 0 aliphatic carbocycles. The predicted molar refractivity (Wildman–Crippen MR) is 136 cm³/mol. The second-order valence-corrected chi connectivity index (χ2v) is 8.01. The van der Waals surface area contributed by atoms with E-state index in [0.29, 0.717) is 44.6 Å². The van der Waals surface area contributed by atoms with E-state index in [4.69, 9.17) is 38.0 Å². The Labute approximate surface area is 210 Å². The molecule has 0 aliphatic rings. The number of anilines is 1. The summed E-state index contributed by atoms with van der Waals surface area (Å²) in [6.07, 6.45) is 1.62. The van der Waals surface area contributed by atoms with Crippen LogP contribution in [0.2, 0.25) is 5.02 Å². The first kappa shape index (κ1) is 24.2. The van der Waals surface area contributed by atoms with E-state index < -0.39 is 11.7 Å². The van der Waals surface area contributed by atoms with Gasteiger partial charge in [-0.1, -0.05) is 11.6 Å². The number of ether oxygens (including phenoxy) is 3. The van der Waals surface area contributed by atoms with Crippen molar-refractivity contribution < 1.29 is 23.4 Å². The highest BCUT2D eigenvalue weighted by Gasteiger charge is 2.14. The van der Waals surface area contributed by atoms with E-state index in [1.54, 1.807) is 56.8 Å². The summed E-state index contributed by atoms with van der Waals surface area (Å²) in [6.45, 7) is 0. The fraction of sp³-hybridized carbons (Fsp3) is 0.0800. The summed E-state index contributed by atoms with van der Waals surface area (Å²) in [5.74, 6) is 1.13. The molecule has 1 aromatic heterocycles. The zero-order valence-electron chi connectivity index (χ0n) is 18.6. The molecule has 0 atom stereocenters. The van der Waals surface area contributed by atoms with Gasteiger partial charge in [-0.2, -0.15) is 0 Å². The van der Waals surface area contributed by atoms with Gasteiger partial charge in [-0.3, -0.25) is 15.1 Å². The monoisotopic (exact) mass is 511 g/mol. The average molecular weight is 512 g/mol. The molecule has 178 valence electrons. The number of thiocarbonyl (C=S) groups is 1. The maximum atomic E-state index is 13.0. The maximum absolute atomic E-state index is 13.0. The Balaban J connectivity index is 1.48. The minimum Gasteiger partial charge on any atom is -0.493 e. The Morgan fingerprint density at radius 3 is 2.34 bits per heavy atom. The van der Waals surface area contributed by atoms with E-state index in [1.807, 2.05) is 0 Å². The summed E-state index contributed by atoms with van der Waals surface area (Å²) in [4.78, 5) is 16.6. The van der Waals surface area contributed by atoms with Gasteiger partial charge in [0.25, 0.3) is 5.91 Å². The molecule has 35 heavy (non-hydrogen) atoms. The van der Waals surface area contributed by atoms with E-state index >= 15 is 0 Å². The van der Waals surface area contributed by atoms with Crippen LogP contribution < -0.4 is 24.8 Å². The second-order valence-electron chi connectivity index (χ2n) is 7.20. The van der Waals surface area contributed by atoms with E-state index in [0.717, 1.165) is 0 Å². The van der Waals surface area contributed by atoms with Crippen LogP contribution in [0.3, 0.4) is 0 Å². The normalized spacial score (nSPS) is 10.5. The number of aromatic nitrogens is 1. The van der Waals surface area contributed by atoms with Crippen LogP contribution in [0.4, 0.5) is 10.1 Å². The molecule has 0 saturated heterocycles. The van der Waals surface area contributed by atoms with Gasteiger partial charge in [-0.15, -0.1) is 0 Å². The van der Waals surface area contributed by atoms with Gasteiger partial charge in [0.15, 0.2) is 16.6 Å². The van der Waals surface area contributed by atoms with Crippen molar-refractivity contribution in [3.8, 4) is 23.0 Å². The van der Waals surface area contributed by atoms with E-state index in [1.165, 1.54) is 24.3 Å². The lowest BCUT2D eigenvalue weighted by Crippen LogP contribution is -2.34. The van der Waals surface area contributed by atoms with Gasteiger partial charge < -0.3 is 19.5 Å². The lowest BCUT2D eigenvalue weighted by Gasteiger charge is -2.14. The summed E-state index contributed by atoms with van der Waals surface area (Å²) < 4.78 is 29.8. The average Bonchev–Trinajstić information content (AvgIpc) is 2.85. The van der Waals surface area contributed by atoms with E-state index in [9.17, 15) is 9.18 Å². The molecule has 0 unspecified atom stereocenters. The molecule has 1 heterocycles. The molecule has 4 aromatic rings. The van der Waals surface area contributed by atoms with Crippen LogP contribution in [0.25, 0.3) is 10.9 Å². The molecule has 3 aromatic carbocycles. The smallest absolute Gasteiger partial charge is 0.257 e. The molecular weight excluding hydrogens is 493 g/mol. The molecule has 0 saturated carbocycles. The standard InChI is InChI=1S/C25H19ClFN3O4S/c1-32-22-12-17-19(13-23(22)33-2)28-10-9-20(17)34-21-8-7-16(11-18(21)26)29-25(35)30-24(31)14-3-5-15(27)6-4-14/h3-13H,1-2H3,(H2,29,30,31,35). The Kier molecular flexibility index (Phi) is 7.28. The first-order valence-corrected chi connectivity index (χ1v) is 11.0. The largest absolute Gasteiger partial charge is 0.493 e. The number of carbonyl (C=O) groups excluding carboxylic acids is 1. The molecule has 4 rings (SSSR count). The molecule has 0 aliphatic heterocycles. The maximum Gasteiger partial charge on any atom is 0.257 e. The van der Waals surface area contributed by atoms with Gasteiger partial charge in [0.05, 0.1) is 24.8 Å². The molecule has 0 bridgehead atoms.